The van der Waals surface area contributed by atoms with Gasteiger partial charge in [0.15, 0.2) is 0 Å². The first-order valence-electron chi connectivity index (χ1n) is 7.46. The number of aliphatic hydroxyl groups excluding tert-OH is 1. The molecule has 0 unspecified atom stereocenters. The van der Waals surface area contributed by atoms with Crippen LogP contribution in [0.2, 0.25) is 5.02 Å². The van der Waals surface area contributed by atoms with Crippen molar-refractivity contribution in [2.24, 2.45) is 5.92 Å². The first-order chi connectivity index (χ1) is 10.5. The van der Waals surface area contributed by atoms with Gasteiger partial charge in [0.25, 0.3) is 0 Å². The third kappa shape index (κ3) is 3.08. The van der Waals surface area contributed by atoms with E-state index < -0.39 is 0 Å². The molecule has 0 amide bonds. The first-order valence-corrected chi connectivity index (χ1v) is 7.84. The van der Waals surface area contributed by atoms with Crippen molar-refractivity contribution < 1.29 is 9.50 Å². The number of fused-ring (bicyclic) bond motifs is 1. The number of hydrogen-bond acceptors (Lipinski definition) is 1. The lowest BCUT2D eigenvalue weighted by molar-refractivity contribution is 0.109. The molecule has 3 rings (SSSR count). The van der Waals surface area contributed by atoms with E-state index in [1.54, 1.807) is 18.2 Å². The van der Waals surface area contributed by atoms with Crippen LogP contribution in [0.4, 0.5) is 4.39 Å². The molecule has 0 aliphatic heterocycles. The van der Waals surface area contributed by atoms with E-state index in [2.05, 4.69) is 13.0 Å². The van der Waals surface area contributed by atoms with Gasteiger partial charge in [-0.25, -0.2) is 4.39 Å². The quantitative estimate of drug-likeness (QED) is 0.793. The lowest BCUT2D eigenvalue weighted by atomic mass is 9.82. The van der Waals surface area contributed by atoms with E-state index in [9.17, 15) is 9.50 Å². The van der Waals surface area contributed by atoms with Crippen LogP contribution in [0.15, 0.2) is 36.4 Å². The fourth-order valence-electron chi connectivity index (χ4n) is 2.90. The molecule has 22 heavy (non-hydrogen) atoms. The molecule has 114 valence electrons. The number of halogens is 2. The maximum absolute atomic E-state index is 13.8. The van der Waals surface area contributed by atoms with Gasteiger partial charge >= 0.3 is 0 Å². The monoisotopic (exact) mass is 316 g/mol. The van der Waals surface area contributed by atoms with Gasteiger partial charge in [-0.2, -0.15) is 0 Å². The Kier molecular flexibility index (Phi) is 4.32. The molecule has 0 spiro atoms. The predicted molar refractivity (Wildman–Crippen MR) is 89.4 cm³/mol. The number of rotatable bonds is 2. The van der Waals surface area contributed by atoms with Crippen LogP contribution in [-0.2, 0) is 12.8 Å². The highest BCUT2D eigenvalue weighted by Gasteiger charge is 2.23. The van der Waals surface area contributed by atoms with Gasteiger partial charge in [0.2, 0.25) is 0 Å². The van der Waals surface area contributed by atoms with Crippen LogP contribution in [0.25, 0.3) is 12.2 Å². The summed E-state index contributed by atoms with van der Waals surface area (Å²) in [4.78, 5) is 0. The third-order valence-electron chi connectivity index (χ3n) is 4.30. The summed E-state index contributed by atoms with van der Waals surface area (Å²) < 4.78 is 13.8. The zero-order valence-corrected chi connectivity index (χ0v) is 13.1. The van der Waals surface area contributed by atoms with Crippen molar-refractivity contribution in [3.8, 4) is 0 Å². The van der Waals surface area contributed by atoms with Crippen molar-refractivity contribution in [2.75, 3.05) is 0 Å². The molecule has 1 N–H and O–H groups in total. The summed E-state index contributed by atoms with van der Waals surface area (Å²) in [6, 6.07) is 10.8. The SMILES string of the molecule is C[C@H]1Cc2cc(/C=C/c3c(F)cccc3Cl)ccc2C[C@H]1O. The average molecular weight is 317 g/mol. The molecule has 2 atom stereocenters. The molecule has 3 heteroatoms. The Balaban J connectivity index is 1.88. The second-order valence-corrected chi connectivity index (χ2v) is 6.36. The van der Waals surface area contributed by atoms with Crippen molar-refractivity contribution in [2.45, 2.75) is 25.9 Å². The first kappa shape index (κ1) is 15.3. The van der Waals surface area contributed by atoms with Crippen LogP contribution < -0.4 is 0 Å². The van der Waals surface area contributed by atoms with Gasteiger partial charge in [0.1, 0.15) is 5.82 Å². The van der Waals surface area contributed by atoms with Gasteiger partial charge in [0.05, 0.1) is 11.1 Å². The van der Waals surface area contributed by atoms with Gasteiger partial charge in [-0.3, -0.25) is 0 Å². The molecule has 2 aromatic carbocycles. The van der Waals surface area contributed by atoms with Crippen molar-refractivity contribution in [3.05, 3.63) is 69.5 Å². The summed E-state index contributed by atoms with van der Waals surface area (Å²) in [6.45, 7) is 2.06. The Bertz CT molecular complexity index is 703. The third-order valence-corrected chi connectivity index (χ3v) is 4.63. The largest absolute Gasteiger partial charge is 0.392 e. The molecule has 0 radical (unpaired) electrons. The highest BCUT2D eigenvalue weighted by molar-refractivity contribution is 6.32. The molecule has 0 saturated carbocycles. The molecule has 0 heterocycles. The van der Waals surface area contributed by atoms with E-state index in [0.717, 1.165) is 12.0 Å². The molecular weight excluding hydrogens is 299 g/mol. The average Bonchev–Trinajstić information content (AvgIpc) is 2.48. The van der Waals surface area contributed by atoms with Crippen molar-refractivity contribution in [1.82, 2.24) is 0 Å². The zero-order chi connectivity index (χ0) is 15.7. The Morgan fingerprint density at radius 1 is 1.14 bits per heavy atom. The van der Waals surface area contributed by atoms with Crippen LogP contribution in [0.3, 0.4) is 0 Å². The fraction of sp³-hybridized carbons (Fsp3) is 0.263. The van der Waals surface area contributed by atoms with Gasteiger partial charge in [-0.15, -0.1) is 0 Å². The lowest BCUT2D eigenvalue weighted by Crippen LogP contribution is -2.27. The van der Waals surface area contributed by atoms with Gasteiger partial charge < -0.3 is 5.11 Å². The number of aliphatic hydroxyl groups is 1. The normalized spacial score (nSPS) is 21.1. The van der Waals surface area contributed by atoms with E-state index in [0.29, 0.717) is 17.0 Å². The highest BCUT2D eigenvalue weighted by atomic mass is 35.5. The van der Waals surface area contributed by atoms with E-state index in [1.807, 2.05) is 18.2 Å². The molecule has 0 fully saturated rings. The van der Waals surface area contributed by atoms with Crippen LogP contribution in [0.1, 0.15) is 29.2 Å². The zero-order valence-electron chi connectivity index (χ0n) is 12.4. The second kappa shape index (κ2) is 6.23. The van der Waals surface area contributed by atoms with Crippen molar-refractivity contribution in [3.63, 3.8) is 0 Å². The summed E-state index contributed by atoms with van der Waals surface area (Å²) in [5, 5.41) is 10.3. The van der Waals surface area contributed by atoms with Gasteiger partial charge in [0, 0.05) is 5.56 Å². The molecule has 0 bridgehead atoms. The van der Waals surface area contributed by atoms with E-state index in [1.165, 1.54) is 17.2 Å². The highest BCUT2D eigenvalue weighted by Crippen LogP contribution is 2.27. The minimum Gasteiger partial charge on any atom is -0.392 e. The summed E-state index contributed by atoms with van der Waals surface area (Å²) in [5.74, 6) is -0.0498. The van der Waals surface area contributed by atoms with Crippen LogP contribution >= 0.6 is 11.6 Å². The molecule has 1 aliphatic carbocycles. The summed E-state index contributed by atoms with van der Waals surface area (Å²) in [6.07, 6.45) is 4.91. The standard InChI is InChI=1S/C19H18ClFO/c1-12-9-15-10-13(5-7-14(15)11-19(12)22)6-8-16-17(20)3-2-4-18(16)21/h2-8,10,12,19,22H,9,11H2,1H3/b8-6+/t12-,19+/m0/s1. The van der Waals surface area contributed by atoms with E-state index in [-0.39, 0.29) is 17.8 Å². The van der Waals surface area contributed by atoms with Gasteiger partial charge in [-0.05, 0) is 53.7 Å². The van der Waals surface area contributed by atoms with E-state index >= 15 is 0 Å². The van der Waals surface area contributed by atoms with Gasteiger partial charge in [-0.1, -0.05) is 48.9 Å². The van der Waals surface area contributed by atoms with Crippen molar-refractivity contribution in [1.29, 1.82) is 0 Å². The maximum Gasteiger partial charge on any atom is 0.131 e. The predicted octanol–water partition coefficient (Wildman–Crippen LogP) is 4.75. The summed E-state index contributed by atoms with van der Waals surface area (Å²) >= 11 is 6.03. The van der Waals surface area contributed by atoms with Crippen LogP contribution in [0.5, 0.6) is 0 Å². The van der Waals surface area contributed by atoms with Crippen molar-refractivity contribution >= 4 is 23.8 Å². The molecule has 1 aliphatic rings. The molecule has 0 saturated heterocycles. The fourth-order valence-corrected chi connectivity index (χ4v) is 3.12. The molecule has 0 aromatic heterocycles. The number of benzene rings is 2. The maximum atomic E-state index is 13.8. The summed E-state index contributed by atoms with van der Waals surface area (Å²) in [7, 11) is 0. The Morgan fingerprint density at radius 3 is 2.73 bits per heavy atom. The molecule has 2 aromatic rings. The molecule has 1 nitrogen and oxygen atoms in total. The van der Waals surface area contributed by atoms with Crippen LogP contribution in [-0.4, -0.2) is 11.2 Å². The topological polar surface area (TPSA) is 20.2 Å². The van der Waals surface area contributed by atoms with E-state index in [4.69, 9.17) is 11.6 Å². The smallest absolute Gasteiger partial charge is 0.131 e. The molecular formula is C19H18ClFO. The minimum absolute atomic E-state index is 0.258. The minimum atomic E-state index is -0.321. The Labute approximate surface area is 135 Å². The summed E-state index contributed by atoms with van der Waals surface area (Å²) in [5.41, 5.74) is 3.89. The Morgan fingerprint density at radius 2 is 1.95 bits per heavy atom. The number of hydrogen-bond donors (Lipinski definition) is 1. The van der Waals surface area contributed by atoms with Crippen LogP contribution in [0, 0.1) is 11.7 Å². The lowest BCUT2D eigenvalue weighted by Gasteiger charge is -2.27. The second-order valence-electron chi connectivity index (χ2n) is 5.95. The Hall–Kier alpha value is -1.64.